The molecule has 1 fully saturated rings. The quantitative estimate of drug-likeness (QED) is 0.731. The molecule has 0 bridgehead atoms. The van der Waals surface area contributed by atoms with E-state index in [0.717, 1.165) is 32.4 Å². The molecule has 0 radical (unpaired) electrons. The molecule has 1 rings (SSSR count). The van der Waals surface area contributed by atoms with Crippen molar-refractivity contribution in [2.75, 3.05) is 25.4 Å². The van der Waals surface area contributed by atoms with Gasteiger partial charge in [-0.3, -0.25) is 9.00 Å². The van der Waals surface area contributed by atoms with Gasteiger partial charge < -0.3 is 10.6 Å². The number of hydrogen-bond donors (Lipinski definition) is 1. The number of carbonyl (C=O) groups excluding carboxylic acids is 1. The Hall–Kier alpha value is -0.420. The van der Waals surface area contributed by atoms with E-state index in [1.807, 2.05) is 11.8 Å². The van der Waals surface area contributed by atoms with E-state index in [1.54, 1.807) is 0 Å². The highest BCUT2D eigenvalue weighted by molar-refractivity contribution is 7.86. The van der Waals surface area contributed by atoms with Crippen molar-refractivity contribution in [2.24, 2.45) is 5.73 Å². The molecule has 1 aliphatic rings. The summed E-state index contributed by atoms with van der Waals surface area (Å²) < 4.78 is 11.7. The van der Waals surface area contributed by atoms with E-state index < -0.39 is 10.8 Å². The molecule has 2 unspecified atom stereocenters. The predicted octanol–water partition coefficient (Wildman–Crippen LogP) is 0.0948. The molecule has 0 aromatic rings. The highest BCUT2D eigenvalue weighted by Crippen LogP contribution is 2.09. The van der Waals surface area contributed by atoms with Crippen LogP contribution in [-0.4, -0.2) is 45.7 Å². The van der Waals surface area contributed by atoms with E-state index in [0.29, 0.717) is 6.54 Å². The minimum atomic E-state index is -1.06. The molecule has 1 saturated heterocycles. The molecule has 88 valence electrons. The molecular formula is C10H20N2O2S. The van der Waals surface area contributed by atoms with Gasteiger partial charge in [0.05, 0.1) is 0 Å². The molecule has 4 nitrogen and oxygen atoms in total. The lowest BCUT2D eigenvalue weighted by Crippen LogP contribution is -2.34. The Kier molecular flexibility index (Phi) is 5.25. The van der Waals surface area contributed by atoms with Crippen molar-refractivity contribution in [3.8, 4) is 0 Å². The number of rotatable bonds is 5. The normalized spacial score (nSPS) is 20.3. The zero-order chi connectivity index (χ0) is 11.3. The topological polar surface area (TPSA) is 63.4 Å². The van der Waals surface area contributed by atoms with Crippen LogP contribution < -0.4 is 5.73 Å². The summed E-state index contributed by atoms with van der Waals surface area (Å²) in [5.41, 5.74) is 5.39. The summed E-state index contributed by atoms with van der Waals surface area (Å²) in [4.78, 5) is 13.5. The summed E-state index contributed by atoms with van der Waals surface area (Å²) in [5.74, 6) is 0.205. The van der Waals surface area contributed by atoms with Gasteiger partial charge in [0, 0.05) is 29.1 Å². The minimum absolute atomic E-state index is 0.0292. The molecule has 0 aliphatic carbocycles. The van der Waals surface area contributed by atoms with E-state index in [1.165, 1.54) is 0 Å². The maximum atomic E-state index is 11.7. The van der Waals surface area contributed by atoms with Crippen LogP contribution in [0, 0.1) is 0 Å². The summed E-state index contributed by atoms with van der Waals surface area (Å²) in [6.45, 7) is 4.09. The monoisotopic (exact) mass is 232 g/mol. The van der Waals surface area contributed by atoms with Crippen LogP contribution in [-0.2, 0) is 15.6 Å². The van der Waals surface area contributed by atoms with E-state index in [9.17, 15) is 9.00 Å². The van der Waals surface area contributed by atoms with Crippen molar-refractivity contribution in [2.45, 2.75) is 31.4 Å². The van der Waals surface area contributed by atoms with Crippen molar-refractivity contribution in [1.29, 1.82) is 0 Å². The van der Waals surface area contributed by atoms with Crippen LogP contribution in [0.3, 0.4) is 0 Å². The maximum Gasteiger partial charge on any atom is 0.235 e. The summed E-state index contributed by atoms with van der Waals surface area (Å²) in [6.07, 6.45) is 2.88. The number of nitrogens with zero attached hydrogens (tertiary/aromatic N) is 1. The second-order valence-corrected chi connectivity index (χ2v) is 5.86. The fourth-order valence-electron chi connectivity index (χ4n) is 1.69. The molecule has 0 spiro atoms. The molecular weight excluding hydrogens is 212 g/mol. The first-order chi connectivity index (χ1) is 7.15. The largest absolute Gasteiger partial charge is 0.342 e. The molecule has 0 saturated carbocycles. The van der Waals surface area contributed by atoms with E-state index in [2.05, 4.69) is 0 Å². The highest BCUT2D eigenvalue weighted by Gasteiger charge is 2.21. The first-order valence-electron chi connectivity index (χ1n) is 5.50. The highest BCUT2D eigenvalue weighted by atomic mass is 32.2. The third-order valence-electron chi connectivity index (χ3n) is 2.75. The number of amides is 1. The van der Waals surface area contributed by atoms with Gasteiger partial charge in [0.2, 0.25) is 5.91 Å². The van der Waals surface area contributed by atoms with Crippen LogP contribution in [0.1, 0.15) is 26.2 Å². The Bertz CT molecular complexity index is 240. The summed E-state index contributed by atoms with van der Waals surface area (Å²) >= 11 is 0. The van der Waals surface area contributed by atoms with Crippen molar-refractivity contribution in [3.63, 3.8) is 0 Å². The van der Waals surface area contributed by atoms with Crippen molar-refractivity contribution in [3.05, 3.63) is 0 Å². The Morgan fingerprint density at radius 3 is 2.60 bits per heavy atom. The lowest BCUT2D eigenvalue weighted by Gasteiger charge is -2.16. The zero-order valence-corrected chi connectivity index (χ0v) is 10.1. The van der Waals surface area contributed by atoms with Crippen LogP contribution in [0.25, 0.3) is 0 Å². The van der Waals surface area contributed by atoms with Crippen molar-refractivity contribution < 1.29 is 9.00 Å². The van der Waals surface area contributed by atoms with Crippen LogP contribution >= 0.6 is 0 Å². The van der Waals surface area contributed by atoms with Gasteiger partial charge >= 0.3 is 0 Å². The third kappa shape index (κ3) is 3.91. The fourth-order valence-corrected chi connectivity index (χ4v) is 2.80. The van der Waals surface area contributed by atoms with Crippen LogP contribution in [0.2, 0.25) is 0 Å². The Balaban J connectivity index is 2.33. The average molecular weight is 232 g/mol. The maximum absolute atomic E-state index is 11.7. The molecule has 1 amide bonds. The van der Waals surface area contributed by atoms with Crippen molar-refractivity contribution >= 4 is 16.7 Å². The fraction of sp³-hybridized carbons (Fsp3) is 0.900. The van der Waals surface area contributed by atoms with Gasteiger partial charge in [0.1, 0.15) is 5.75 Å². The molecule has 0 aromatic carbocycles. The molecule has 2 atom stereocenters. The first-order valence-corrected chi connectivity index (χ1v) is 6.88. The van der Waals surface area contributed by atoms with Crippen LogP contribution in [0.5, 0.6) is 0 Å². The Labute approximate surface area is 93.7 Å². The van der Waals surface area contributed by atoms with E-state index in [4.69, 9.17) is 5.73 Å². The lowest BCUT2D eigenvalue weighted by atomic mass is 10.3. The van der Waals surface area contributed by atoms with Gasteiger partial charge in [-0.2, -0.15) is 0 Å². The summed E-state index contributed by atoms with van der Waals surface area (Å²) in [7, 11) is -1.06. The van der Waals surface area contributed by atoms with Gasteiger partial charge in [-0.05, 0) is 25.8 Å². The van der Waals surface area contributed by atoms with Crippen LogP contribution in [0.4, 0.5) is 0 Å². The number of hydrogen-bond acceptors (Lipinski definition) is 3. The zero-order valence-electron chi connectivity index (χ0n) is 9.28. The standard InChI is InChI=1S/C10H20N2O2S/c1-9(4-5-11)15(14)8-10(13)12-6-2-3-7-12/h9H,2-8,11H2,1H3. The average Bonchev–Trinajstić information content (AvgIpc) is 2.70. The predicted molar refractivity (Wildman–Crippen MR) is 62.0 cm³/mol. The Morgan fingerprint density at radius 1 is 1.47 bits per heavy atom. The van der Waals surface area contributed by atoms with Gasteiger partial charge in [-0.25, -0.2) is 0 Å². The summed E-state index contributed by atoms with van der Waals surface area (Å²) in [5, 5.41) is 0.0292. The van der Waals surface area contributed by atoms with Gasteiger partial charge in [-0.15, -0.1) is 0 Å². The smallest absolute Gasteiger partial charge is 0.235 e. The summed E-state index contributed by atoms with van der Waals surface area (Å²) in [6, 6.07) is 0. The molecule has 5 heteroatoms. The third-order valence-corrected chi connectivity index (χ3v) is 4.41. The SMILES string of the molecule is CC(CCN)S(=O)CC(=O)N1CCCC1. The second-order valence-electron chi connectivity index (χ2n) is 4.00. The van der Waals surface area contributed by atoms with Gasteiger partial charge in [-0.1, -0.05) is 6.92 Å². The molecule has 1 aliphatic heterocycles. The first kappa shape index (κ1) is 12.6. The molecule has 15 heavy (non-hydrogen) atoms. The minimum Gasteiger partial charge on any atom is -0.342 e. The number of likely N-dealkylation sites (tertiary alicyclic amines) is 1. The van der Waals surface area contributed by atoms with Crippen LogP contribution in [0.15, 0.2) is 0 Å². The van der Waals surface area contributed by atoms with Gasteiger partial charge in [0.25, 0.3) is 0 Å². The number of carbonyl (C=O) groups is 1. The van der Waals surface area contributed by atoms with Gasteiger partial charge in [0.15, 0.2) is 0 Å². The van der Waals surface area contributed by atoms with E-state index >= 15 is 0 Å². The number of nitrogens with two attached hydrogens (primary N) is 1. The lowest BCUT2D eigenvalue weighted by molar-refractivity contribution is -0.127. The molecule has 1 heterocycles. The van der Waals surface area contributed by atoms with Crippen molar-refractivity contribution in [1.82, 2.24) is 4.90 Å². The molecule has 0 aromatic heterocycles. The second kappa shape index (κ2) is 6.23. The van der Waals surface area contributed by atoms with E-state index in [-0.39, 0.29) is 16.9 Å². The Morgan fingerprint density at radius 2 is 2.07 bits per heavy atom. The molecule has 2 N–H and O–H groups in total.